The van der Waals surface area contributed by atoms with Crippen LogP contribution in [-0.2, 0) is 9.59 Å². The summed E-state index contributed by atoms with van der Waals surface area (Å²) in [5, 5.41) is 0. The predicted octanol–water partition coefficient (Wildman–Crippen LogP) is 5.68. The van der Waals surface area contributed by atoms with Gasteiger partial charge in [0.25, 0.3) is 0 Å². The van der Waals surface area contributed by atoms with Crippen molar-refractivity contribution < 1.29 is 19.1 Å². The fourth-order valence-electron chi connectivity index (χ4n) is 2.85. The summed E-state index contributed by atoms with van der Waals surface area (Å²) in [6.45, 7) is 5.88. The molecule has 0 aliphatic heterocycles. The molecule has 0 aliphatic rings. The van der Waals surface area contributed by atoms with E-state index < -0.39 is 0 Å². The molecule has 0 aromatic heterocycles. The third kappa shape index (κ3) is 9.90. The number of carbonyl (C=O) groups is 2. The van der Waals surface area contributed by atoms with Gasteiger partial charge in [-0.05, 0) is 36.6 Å². The number of benzene rings is 1. The van der Waals surface area contributed by atoms with E-state index in [0.29, 0.717) is 17.9 Å². The van der Waals surface area contributed by atoms with Crippen molar-refractivity contribution in [1.82, 2.24) is 0 Å². The third-order valence-electron chi connectivity index (χ3n) is 4.46. The van der Waals surface area contributed by atoms with Gasteiger partial charge in [0.1, 0.15) is 11.5 Å². The van der Waals surface area contributed by atoms with Gasteiger partial charge >= 0.3 is 11.9 Å². The molecule has 1 aromatic carbocycles. The minimum Gasteiger partial charge on any atom is -0.427 e. The van der Waals surface area contributed by atoms with Crippen LogP contribution >= 0.6 is 0 Å². The van der Waals surface area contributed by atoms with E-state index in [-0.39, 0.29) is 11.9 Å². The molecule has 0 saturated carbocycles. The Morgan fingerprint density at radius 3 is 1.92 bits per heavy atom. The molecular weight excluding hydrogens is 316 g/mol. The molecule has 4 heteroatoms. The molecular formula is C21H32O4. The Morgan fingerprint density at radius 1 is 0.840 bits per heavy atom. The number of carbonyl (C=O) groups excluding carboxylic acids is 2. The van der Waals surface area contributed by atoms with Crippen molar-refractivity contribution in [2.45, 2.75) is 78.6 Å². The van der Waals surface area contributed by atoms with Crippen molar-refractivity contribution in [1.29, 1.82) is 0 Å². The average Bonchev–Trinajstić information content (AvgIpc) is 2.59. The molecule has 0 amide bonds. The van der Waals surface area contributed by atoms with Gasteiger partial charge in [-0.15, -0.1) is 0 Å². The smallest absolute Gasteiger partial charge is 0.311 e. The van der Waals surface area contributed by atoms with Crippen molar-refractivity contribution in [3.8, 4) is 11.5 Å². The van der Waals surface area contributed by atoms with E-state index in [1.165, 1.54) is 45.4 Å². The third-order valence-corrected chi connectivity index (χ3v) is 4.46. The van der Waals surface area contributed by atoms with E-state index in [4.69, 9.17) is 9.47 Å². The van der Waals surface area contributed by atoms with E-state index in [2.05, 4.69) is 13.8 Å². The van der Waals surface area contributed by atoms with Gasteiger partial charge < -0.3 is 9.47 Å². The summed E-state index contributed by atoms with van der Waals surface area (Å²) < 4.78 is 10.2. The van der Waals surface area contributed by atoms with Crippen molar-refractivity contribution >= 4 is 11.9 Å². The Labute approximate surface area is 151 Å². The van der Waals surface area contributed by atoms with Crippen LogP contribution < -0.4 is 9.47 Å². The lowest BCUT2D eigenvalue weighted by molar-refractivity contribution is -0.135. The molecule has 0 bridgehead atoms. The topological polar surface area (TPSA) is 52.6 Å². The average molecular weight is 348 g/mol. The first-order chi connectivity index (χ1) is 12.0. The number of hydrogen-bond donors (Lipinski definition) is 0. The largest absolute Gasteiger partial charge is 0.427 e. The first-order valence-corrected chi connectivity index (χ1v) is 9.54. The Morgan fingerprint density at radius 2 is 1.36 bits per heavy atom. The summed E-state index contributed by atoms with van der Waals surface area (Å²) in [7, 11) is 0. The van der Waals surface area contributed by atoms with Crippen LogP contribution in [0.5, 0.6) is 11.5 Å². The second-order valence-electron chi connectivity index (χ2n) is 6.53. The molecule has 0 radical (unpaired) electrons. The van der Waals surface area contributed by atoms with Crippen molar-refractivity contribution in [2.24, 2.45) is 5.92 Å². The molecule has 0 unspecified atom stereocenters. The van der Waals surface area contributed by atoms with Gasteiger partial charge in [0.05, 0.1) is 0 Å². The Bertz CT molecular complexity index is 503. The van der Waals surface area contributed by atoms with Crippen molar-refractivity contribution in [2.75, 3.05) is 0 Å². The molecule has 0 spiro atoms. The number of esters is 2. The van der Waals surface area contributed by atoms with Crippen LogP contribution in [-0.4, -0.2) is 11.9 Å². The zero-order chi connectivity index (χ0) is 18.5. The maximum atomic E-state index is 11.8. The van der Waals surface area contributed by atoms with Gasteiger partial charge in [-0.1, -0.05) is 58.8 Å². The van der Waals surface area contributed by atoms with E-state index in [1.54, 1.807) is 24.3 Å². The molecule has 0 atom stereocenters. The number of hydrogen-bond acceptors (Lipinski definition) is 4. The van der Waals surface area contributed by atoms with Crippen molar-refractivity contribution in [3.63, 3.8) is 0 Å². The van der Waals surface area contributed by atoms with Crippen LogP contribution in [0.4, 0.5) is 0 Å². The molecule has 0 aliphatic carbocycles. The van der Waals surface area contributed by atoms with Crippen LogP contribution in [0.25, 0.3) is 0 Å². The molecule has 0 fully saturated rings. The quantitative estimate of drug-likeness (QED) is 0.277. The summed E-state index contributed by atoms with van der Waals surface area (Å²) in [4.78, 5) is 22.7. The molecule has 25 heavy (non-hydrogen) atoms. The highest BCUT2D eigenvalue weighted by molar-refractivity contribution is 5.72. The van der Waals surface area contributed by atoms with E-state index in [9.17, 15) is 9.59 Å². The van der Waals surface area contributed by atoms with Crippen LogP contribution in [0.2, 0.25) is 0 Å². The first-order valence-electron chi connectivity index (χ1n) is 9.54. The van der Waals surface area contributed by atoms with Crippen molar-refractivity contribution in [3.05, 3.63) is 24.3 Å². The first kappa shape index (κ1) is 21.2. The van der Waals surface area contributed by atoms with Gasteiger partial charge in [0.15, 0.2) is 0 Å². The number of rotatable bonds is 12. The molecule has 1 rings (SSSR count). The maximum Gasteiger partial charge on any atom is 0.311 e. The van der Waals surface area contributed by atoms with Gasteiger partial charge in [0.2, 0.25) is 0 Å². The lowest BCUT2D eigenvalue weighted by Gasteiger charge is -2.11. The molecule has 0 saturated heterocycles. The minimum atomic E-state index is -0.371. The molecule has 4 nitrogen and oxygen atoms in total. The highest BCUT2D eigenvalue weighted by atomic mass is 16.5. The second-order valence-corrected chi connectivity index (χ2v) is 6.53. The van der Waals surface area contributed by atoms with E-state index in [1.807, 2.05) is 0 Å². The second kappa shape index (κ2) is 12.5. The fraction of sp³-hybridized carbons (Fsp3) is 0.619. The molecule has 0 heterocycles. The highest BCUT2D eigenvalue weighted by Crippen LogP contribution is 2.19. The Hall–Kier alpha value is -1.84. The summed E-state index contributed by atoms with van der Waals surface area (Å²) in [5.41, 5.74) is 0. The fourth-order valence-corrected chi connectivity index (χ4v) is 2.85. The predicted molar refractivity (Wildman–Crippen MR) is 99.8 cm³/mol. The molecule has 1 aromatic rings. The van der Waals surface area contributed by atoms with E-state index in [0.717, 1.165) is 18.8 Å². The summed E-state index contributed by atoms with van der Waals surface area (Å²) >= 11 is 0. The lowest BCUT2D eigenvalue weighted by atomic mass is 9.96. The van der Waals surface area contributed by atoms with Crippen LogP contribution in [0, 0.1) is 5.92 Å². The van der Waals surface area contributed by atoms with Crippen LogP contribution in [0.1, 0.15) is 78.6 Å². The summed E-state index contributed by atoms with van der Waals surface area (Å²) in [6.07, 6.45) is 10.0. The molecule has 140 valence electrons. The van der Waals surface area contributed by atoms with Gasteiger partial charge in [0, 0.05) is 13.3 Å². The Kier molecular flexibility index (Phi) is 10.6. The minimum absolute atomic E-state index is 0.211. The zero-order valence-corrected chi connectivity index (χ0v) is 15.9. The standard InChI is InChI=1S/C21H32O4/c1-4-18(5-2)11-9-7-6-8-10-12-21(23)25-20-15-13-19(14-16-20)24-17(3)22/h13-16,18H,4-12H2,1-3H3. The zero-order valence-electron chi connectivity index (χ0n) is 15.9. The monoisotopic (exact) mass is 348 g/mol. The molecule has 0 N–H and O–H groups in total. The maximum absolute atomic E-state index is 11.8. The number of unbranched alkanes of at least 4 members (excludes halogenated alkanes) is 4. The summed E-state index contributed by atoms with van der Waals surface area (Å²) in [6, 6.07) is 6.50. The Balaban J connectivity index is 2.11. The highest BCUT2D eigenvalue weighted by Gasteiger charge is 2.06. The normalized spacial score (nSPS) is 10.7. The number of ether oxygens (including phenoxy) is 2. The van der Waals surface area contributed by atoms with Gasteiger partial charge in [-0.25, -0.2) is 0 Å². The lowest BCUT2D eigenvalue weighted by Crippen LogP contribution is -2.07. The SMILES string of the molecule is CCC(CC)CCCCCCCC(=O)Oc1ccc(OC(C)=O)cc1. The summed E-state index contributed by atoms with van der Waals surface area (Å²) in [5.74, 6) is 1.22. The van der Waals surface area contributed by atoms with Crippen LogP contribution in [0.15, 0.2) is 24.3 Å². The van der Waals surface area contributed by atoms with Crippen LogP contribution in [0.3, 0.4) is 0 Å². The van der Waals surface area contributed by atoms with E-state index >= 15 is 0 Å². The van der Waals surface area contributed by atoms with Gasteiger partial charge in [-0.2, -0.15) is 0 Å². The van der Waals surface area contributed by atoms with Gasteiger partial charge in [-0.3, -0.25) is 9.59 Å².